The highest BCUT2D eigenvalue weighted by Gasteiger charge is 2.28. The van der Waals surface area contributed by atoms with Gasteiger partial charge in [0.25, 0.3) is 6.02 Å². The summed E-state index contributed by atoms with van der Waals surface area (Å²) in [6.45, 7) is 0.792. The summed E-state index contributed by atoms with van der Waals surface area (Å²) in [6.07, 6.45) is 5.11. The summed E-state index contributed by atoms with van der Waals surface area (Å²) in [5.74, 6) is 0.649. The predicted octanol–water partition coefficient (Wildman–Crippen LogP) is 0.890. The maximum atomic E-state index is 5.47. The van der Waals surface area contributed by atoms with Crippen molar-refractivity contribution in [2.24, 2.45) is 16.6 Å². The van der Waals surface area contributed by atoms with Gasteiger partial charge < -0.3 is 10.5 Å². The van der Waals surface area contributed by atoms with Gasteiger partial charge in [-0.15, -0.1) is 0 Å². The van der Waals surface area contributed by atoms with Gasteiger partial charge in [0.05, 0.1) is 12.6 Å². The van der Waals surface area contributed by atoms with Gasteiger partial charge in [-0.25, -0.2) is 4.99 Å². The van der Waals surface area contributed by atoms with Crippen LogP contribution < -0.4 is 5.73 Å². The van der Waals surface area contributed by atoms with Gasteiger partial charge in [0.2, 0.25) is 0 Å². The molecule has 0 saturated heterocycles. The van der Waals surface area contributed by atoms with E-state index in [4.69, 9.17) is 10.5 Å². The molecule has 2 N–H and O–H groups in total. The largest absolute Gasteiger partial charge is 0.465 e. The van der Waals surface area contributed by atoms with E-state index in [0.717, 1.165) is 6.61 Å². The lowest BCUT2D eigenvalue weighted by Crippen LogP contribution is -2.36. The fourth-order valence-electron chi connectivity index (χ4n) is 1.95. The van der Waals surface area contributed by atoms with Gasteiger partial charge in [-0.3, -0.25) is 0 Å². The van der Waals surface area contributed by atoms with Crippen molar-refractivity contribution in [1.82, 2.24) is 0 Å². The second-order valence-corrected chi connectivity index (χ2v) is 3.39. The summed E-state index contributed by atoms with van der Waals surface area (Å²) in [5, 5.41) is 0. The molecule has 0 aromatic heterocycles. The van der Waals surface area contributed by atoms with Crippen molar-refractivity contribution in [3.63, 3.8) is 0 Å². The molecule has 0 amide bonds. The molecule has 1 heterocycles. The van der Waals surface area contributed by atoms with Crippen LogP contribution in [0.4, 0.5) is 0 Å². The first-order valence-electron chi connectivity index (χ1n) is 4.32. The van der Waals surface area contributed by atoms with Crippen LogP contribution in [0.25, 0.3) is 0 Å². The number of rotatable bonds is 0. The molecule has 3 nitrogen and oxygen atoms in total. The molecule has 62 valence electrons. The minimum atomic E-state index is 0.396. The number of aliphatic imine (C=N–C) groups is 1. The van der Waals surface area contributed by atoms with E-state index in [1.807, 2.05) is 0 Å². The van der Waals surface area contributed by atoms with E-state index in [-0.39, 0.29) is 0 Å². The third-order valence-electron chi connectivity index (χ3n) is 2.61. The predicted molar refractivity (Wildman–Crippen MR) is 43.3 cm³/mol. The monoisotopic (exact) mass is 154 g/mol. The Hall–Kier alpha value is -0.730. The number of nitrogens with two attached hydrogens (primary N) is 1. The second kappa shape index (κ2) is 2.72. The summed E-state index contributed by atoms with van der Waals surface area (Å²) < 4.78 is 5.18. The van der Waals surface area contributed by atoms with E-state index in [0.29, 0.717) is 18.0 Å². The lowest BCUT2D eigenvalue weighted by atomic mass is 9.85. The minimum absolute atomic E-state index is 0.396. The van der Waals surface area contributed by atoms with Crippen LogP contribution in [0.1, 0.15) is 25.7 Å². The van der Waals surface area contributed by atoms with Gasteiger partial charge in [0.1, 0.15) is 0 Å². The molecule has 0 spiro atoms. The Morgan fingerprint density at radius 2 is 2.18 bits per heavy atom. The van der Waals surface area contributed by atoms with Crippen LogP contribution in [0.2, 0.25) is 0 Å². The van der Waals surface area contributed by atoms with Gasteiger partial charge in [-0.2, -0.15) is 0 Å². The first-order chi connectivity index (χ1) is 5.36. The zero-order valence-electron chi connectivity index (χ0n) is 6.62. The van der Waals surface area contributed by atoms with Crippen molar-refractivity contribution in [2.45, 2.75) is 31.7 Å². The number of fused-ring (bicyclic) bond motifs is 1. The van der Waals surface area contributed by atoms with Crippen molar-refractivity contribution >= 4 is 6.02 Å². The third-order valence-corrected chi connectivity index (χ3v) is 2.61. The quantitative estimate of drug-likeness (QED) is 0.563. The number of hydrogen-bond donors (Lipinski definition) is 1. The summed E-state index contributed by atoms with van der Waals surface area (Å²) in [4.78, 5) is 4.28. The van der Waals surface area contributed by atoms with E-state index < -0.39 is 0 Å². The van der Waals surface area contributed by atoms with Gasteiger partial charge in [-0.1, -0.05) is 12.8 Å². The summed E-state index contributed by atoms with van der Waals surface area (Å²) >= 11 is 0. The number of ether oxygens (including phenoxy) is 1. The van der Waals surface area contributed by atoms with Gasteiger partial charge in [0, 0.05) is 5.92 Å². The molecule has 0 aromatic carbocycles. The van der Waals surface area contributed by atoms with Gasteiger partial charge in [-0.05, 0) is 12.8 Å². The first kappa shape index (κ1) is 6.95. The van der Waals surface area contributed by atoms with Crippen LogP contribution in [-0.4, -0.2) is 18.7 Å². The fraction of sp³-hybridized carbons (Fsp3) is 0.875. The Bertz CT molecular complexity index is 179. The highest BCUT2D eigenvalue weighted by molar-refractivity contribution is 5.72. The molecule has 0 bridgehead atoms. The maximum absolute atomic E-state index is 5.47. The molecule has 2 aliphatic rings. The van der Waals surface area contributed by atoms with E-state index in [1.54, 1.807) is 0 Å². The number of amidine groups is 1. The highest BCUT2D eigenvalue weighted by atomic mass is 16.5. The average Bonchev–Trinajstić information content (AvgIpc) is 2.04. The number of hydrogen-bond acceptors (Lipinski definition) is 3. The van der Waals surface area contributed by atoms with Crippen LogP contribution in [0, 0.1) is 5.92 Å². The molecular formula is C8H14N2O. The molecule has 2 atom stereocenters. The van der Waals surface area contributed by atoms with Gasteiger partial charge in [0.15, 0.2) is 0 Å². The van der Waals surface area contributed by atoms with Crippen LogP contribution >= 0.6 is 0 Å². The van der Waals surface area contributed by atoms with Crippen LogP contribution in [-0.2, 0) is 4.74 Å². The Labute approximate surface area is 66.6 Å². The summed E-state index contributed by atoms with van der Waals surface area (Å²) in [7, 11) is 0. The van der Waals surface area contributed by atoms with Crippen molar-refractivity contribution < 1.29 is 4.74 Å². The minimum Gasteiger partial charge on any atom is -0.465 e. The van der Waals surface area contributed by atoms with Crippen LogP contribution in [0.5, 0.6) is 0 Å². The summed E-state index contributed by atoms with van der Waals surface area (Å²) in [5.41, 5.74) is 5.47. The molecule has 1 fully saturated rings. The van der Waals surface area contributed by atoms with E-state index >= 15 is 0 Å². The molecule has 1 saturated carbocycles. The summed E-state index contributed by atoms with van der Waals surface area (Å²) in [6, 6.07) is 0.866. The van der Waals surface area contributed by atoms with Crippen molar-refractivity contribution in [3.05, 3.63) is 0 Å². The topological polar surface area (TPSA) is 47.6 Å². The molecular weight excluding hydrogens is 140 g/mol. The lowest BCUT2D eigenvalue weighted by molar-refractivity contribution is 0.152. The van der Waals surface area contributed by atoms with E-state index in [2.05, 4.69) is 4.99 Å². The Morgan fingerprint density at radius 3 is 3.09 bits per heavy atom. The zero-order valence-corrected chi connectivity index (χ0v) is 6.62. The third kappa shape index (κ3) is 1.32. The smallest absolute Gasteiger partial charge is 0.282 e. The molecule has 0 aromatic rings. The SMILES string of the molecule is NC1=N[C@H]2CCCC[C@@H]2CO1. The highest BCUT2D eigenvalue weighted by Crippen LogP contribution is 2.28. The molecule has 2 rings (SSSR count). The van der Waals surface area contributed by atoms with E-state index in [1.165, 1.54) is 25.7 Å². The van der Waals surface area contributed by atoms with Crippen molar-refractivity contribution in [3.8, 4) is 0 Å². The fourth-order valence-corrected chi connectivity index (χ4v) is 1.95. The lowest BCUT2D eigenvalue weighted by Gasteiger charge is -2.31. The van der Waals surface area contributed by atoms with Crippen molar-refractivity contribution in [2.75, 3.05) is 6.61 Å². The molecule has 0 radical (unpaired) electrons. The Balaban J connectivity index is 2.07. The molecule has 1 aliphatic carbocycles. The standard InChI is InChI=1S/C8H14N2O/c9-8-10-7-4-2-1-3-6(7)5-11-8/h6-7H,1-5H2,(H2,9,10)/t6-,7+/m1/s1. The average molecular weight is 154 g/mol. The normalized spacial score (nSPS) is 36.9. The number of nitrogens with zero attached hydrogens (tertiary/aromatic N) is 1. The van der Waals surface area contributed by atoms with Gasteiger partial charge >= 0.3 is 0 Å². The first-order valence-corrected chi connectivity index (χ1v) is 4.32. The van der Waals surface area contributed by atoms with Crippen LogP contribution in [0.3, 0.4) is 0 Å². The molecule has 1 aliphatic heterocycles. The van der Waals surface area contributed by atoms with Crippen LogP contribution in [0.15, 0.2) is 4.99 Å². The second-order valence-electron chi connectivity index (χ2n) is 3.39. The maximum Gasteiger partial charge on any atom is 0.282 e. The Kier molecular flexibility index (Phi) is 1.72. The Morgan fingerprint density at radius 1 is 1.36 bits per heavy atom. The van der Waals surface area contributed by atoms with Crippen molar-refractivity contribution in [1.29, 1.82) is 0 Å². The zero-order chi connectivity index (χ0) is 7.68. The van der Waals surface area contributed by atoms with E-state index in [9.17, 15) is 0 Å². The molecule has 0 unspecified atom stereocenters. The molecule has 11 heavy (non-hydrogen) atoms. The molecule has 3 heteroatoms.